The first-order valence-corrected chi connectivity index (χ1v) is 9.99. The predicted molar refractivity (Wildman–Crippen MR) is 116 cm³/mol. The highest BCUT2D eigenvalue weighted by atomic mass is 15.4. The first-order chi connectivity index (χ1) is 14.3. The average molecular weight is 390 g/mol. The molecule has 0 atom stereocenters. The molecule has 1 aromatic carbocycles. The van der Waals surface area contributed by atoms with Gasteiger partial charge in [-0.25, -0.2) is 9.97 Å². The van der Waals surface area contributed by atoms with Crippen LogP contribution in [-0.2, 0) is 13.1 Å². The van der Waals surface area contributed by atoms with Gasteiger partial charge in [-0.3, -0.25) is 4.99 Å². The molecule has 0 spiro atoms. The molecule has 150 valence electrons. The minimum atomic E-state index is 0.646. The fourth-order valence-electron chi connectivity index (χ4n) is 3.61. The number of aliphatic imine (C=N–C) groups is 1. The van der Waals surface area contributed by atoms with Gasteiger partial charge in [-0.1, -0.05) is 36.4 Å². The van der Waals surface area contributed by atoms with Crippen LogP contribution in [0.4, 0.5) is 5.82 Å². The molecule has 1 fully saturated rings. The maximum absolute atomic E-state index is 4.53. The van der Waals surface area contributed by atoms with Crippen LogP contribution >= 0.6 is 0 Å². The normalized spacial score (nSPS) is 14.9. The van der Waals surface area contributed by atoms with Crippen LogP contribution in [-0.4, -0.2) is 58.6 Å². The molecule has 0 saturated carbocycles. The van der Waals surface area contributed by atoms with Crippen molar-refractivity contribution >= 4 is 11.8 Å². The Labute approximate surface area is 171 Å². The zero-order chi connectivity index (χ0) is 19.9. The average Bonchev–Trinajstić information content (AvgIpc) is 3.23. The summed E-state index contributed by atoms with van der Waals surface area (Å²) in [5.74, 6) is 2.96. The molecule has 7 heteroatoms. The molecule has 1 aliphatic heterocycles. The second-order valence-corrected chi connectivity index (χ2v) is 7.02. The number of pyridine rings is 1. The van der Waals surface area contributed by atoms with Crippen molar-refractivity contribution in [2.24, 2.45) is 4.99 Å². The highest BCUT2D eigenvalue weighted by Gasteiger charge is 2.20. The van der Waals surface area contributed by atoms with Gasteiger partial charge in [0.05, 0.1) is 6.54 Å². The highest BCUT2D eigenvalue weighted by Crippen LogP contribution is 2.13. The van der Waals surface area contributed by atoms with Crippen molar-refractivity contribution in [1.82, 2.24) is 24.8 Å². The lowest BCUT2D eigenvalue weighted by atomic mass is 10.2. The van der Waals surface area contributed by atoms with Crippen LogP contribution in [0.2, 0.25) is 0 Å². The maximum Gasteiger partial charge on any atom is 0.194 e. The van der Waals surface area contributed by atoms with Gasteiger partial charge in [0, 0.05) is 58.4 Å². The Morgan fingerprint density at radius 3 is 2.48 bits per heavy atom. The molecule has 0 unspecified atom stereocenters. The monoisotopic (exact) mass is 389 g/mol. The molecule has 7 nitrogen and oxygen atoms in total. The Hall–Kier alpha value is -3.35. The van der Waals surface area contributed by atoms with E-state index >= 15 is 0 Å². The summed E-state index contributed by atoms with van der Waals surface area (Å²) in [4.78, 5) is 18.1. The topological polar surface area (TPSA) is 61.6 Å². The third kappa shape index (κ3) is 4.74. The van der Waals surface area contributed by atoms with E-state index in [0.29, 0.717) is 6.54 Å². The van der Waals surface area contributed by atoms with Gasteiger partial charge in [0.25, 0.3) is 0 Å². The molecule has 2 aromatic heterocycles. The van der Waals surface area contributed by atoms with E-state index in [2.05, 4.69) is 65.0 Å². The molecule has 1 aliphatic rings. The van der Waals surface area contributed by atoms with Crippen molar-refractivity contribution in [2.75, 3.05) is 38.1 Å². The Balaban J connectivity index is 1.32. The quantitative estimate of drug-likeness (QED) is 0.536. The number of hydrogen-bond donors (Lipinski definition) is 1. The van der Waals surface area contributed by atoms with Crippen LogP contribution in [0.15, 0.2) is 72.1 Å². The number of rotatable bonds is 5. The molecule has 4 rings (SSSR count). The number of nitrogens with zero attached hydrogens (tertiary/aromatic N) is 6. The molecule has 0 radical (unpaired) electrons. The Morgan fingerprint density at radius 2 is 1.76 bits per heavy atom. The molecule has 3 aromatic rings. The van der Waals surface area contributed by atoms with Crippen LogP contribution in [0.5, 0.6) is 0 Å². The molecule has 1 N–H and O–H groups in total. The van der Waals surface area contributed by atoms with Crippen molar-refractivity contribution in [3.8, 4) is 0 Å². The number of benzene rings is 1. The number of nitrogens with one attached hydrogen (secondary N) is 1. The zero-order valence-corrected chi connectivity index (χ0v) is 16.8. The fraction of sp³-hybridized carbons (Fsp3) is 0.318. The number of guanidine groups is 1. The zero-order valence-electron chi connectivity index (χ0n) is 16.8. The summed E-state index contributed by atoms with van der Waals surface area (Å²) in [7, 11) is 1.84. The van der Waals surface area contributed by atoms with Crippen molar-refractivity contribution in [2.45, 2.75) is 13.1 Å². The summed E-state index contributed by atoms with van der Waals surface area (Å²) in [6, 6.07) is 16.5. The smallest absolute Gasteiger partial charge is 0.194 e. The number of aromatic nitrogens is 3. The van der Waals surface area contributed by atoms with Crippen LogP contribution in [0, 0.1) is 0 Å². The van der Waals surface area contributed by atoms with Gasteiger partial charge < -0.3 is 19.7 Å². The van der Waals surface area contributed by atoms with E-state index in [1.807, 2.05) is 43.8 Å². The largest absolute Gasteiger partial charge is 0.353 e. The highest BCUT2D eigenvalue weighted by molar-refractivity contribution is 5.80. The van der Waals surface area contributed by atoms with Crippen LogP contribution < -0.4 is 10.2 Å². The van der Waals surface area contributed by atoms with E-state index in [9.17, 15) is 0 Å². The standard InChI is InChI=1S/C22H27N7/c1-23-22(28-15-13-27(14-16-28)20-9-5-6-10-24-20)26-17-21-25-11-12-29(21)18-19-7-3-2-4-8-19/h2-12H,13-18H2,1H3,(H,23,26). The van der Waals surface area contributed by atoms with Gasteiger partial charge >= 0.3 is 0 Å². The van der Waals surface area contributed by atoms with E-state index in [0.717, 1.165) is 50.3 Å². The van der Waals surface area contributed by atoms with Gasteiger partial charge in [-0.2, -0.15) is 0 Å². The van der Waals surface area contributed by atoms with Crippen molar-refractivity contribution in [3.05, 3.63) is 78.5 Å². The molecule has 0 amide bonds. The minimum absolute atomic E-state index is 0.646. The summed E-state index contributed by atoms with van der Waals surface area (Å²) in [5, 5.41) is 3.48. The molecule has 0 aliphatic carbocycles. The Bertz CT molecular complexity index is 913. The number of piperazine rings is 1. The fourth-order valence-corrected chi connectivity index (χ4v) is 3.61. The second-order valence-electron chi connectivity index (χ2n) is 7.02. The summed E-state index contributed by atoms with van der Waals surface area (Å²) in [6.45, 7) is 5.15. The Morgan fingerprint density at radius 1 is 0.966 bits per heavy atom. The summed E-state index contributed by atoms with van der Waals surface area (Å²) >= 11 is 0. The maximum atomic E-state index is 4.53. The minimum Gasteiger partial charge on any atom is -0.353 e. The second kappa shape index (κ2) is 9.23. The third-order valence-electron chi connectivity index (χ3n) is 5.17. The summed E-state index contributed by atoms with van der Waals surface area (Å²) in [5.41, 5.74) is 1.27. The van der Waals surface area contributed by atoms with Gasteiger partial charge in [-0.15, -0.1) is 0 Å². The first-order valence-electron chi connectivity index (χ1n) is 9.99. The summed E-state index contributed by atoms with van der Waals surface area (Å²) in [6.07, 6.45) is 5.73. The Kier molecular flexibility index (Phi) is 6.04. The van der Waals surface area contributed by atoms with Crippen LogP contribution in [0.3, 0.4) is 0 Å². The molecule has 29 heavy (non-hydrogen) atoms. The SMILES string of the molecule is CN=C(NCc1nccn1Cc1ccccc1)N1CCN(c2ccccn2)CC1. The number of anilines is 1. The molecule has 1 saturated heterocycles. The van der Waals surface area contributed by atoms with Gasteiger partial charge in [0.15, 0.2) is 5.96 Å². The van der Waals surface area contributed by atoms with Gasteiger partial charge in [0.2, 0.25) is 0 Å². The van der Waals surface area contributed by atoms with Crippen molar-refractivity contribution in [1.29, 1.82) is 0 Å². The van der Waals surface area contributed by atoms with Crippen molar-refractivity contribution < 1.29 is 0 Å². The first kappa shape index (κ1) is 19.0. The van der Waals surface area contributed by atoms with Gasteiger partial charge in [-0.05, 0) is 17.7 Å². The third-order valence-corrected chi connectivity index (χ3v) is 5.17. The lowest BCUT2D eigenvalue weighted by Crippen LogP contribution is -2.52. The molecular weight excluding hydrogens is 362 g/mol. The van der Waals surface area contributed by atoms with E-state index in [1.54, 1.807) is 0 Å². The van der Waals surface area contributed by atoms with E-state index in [4.69, 9.17) is 0 Å². The lowest BCUT2D eigenvalue weighted by molar-refractivity contribution is 0.370. The summed E-state index contributed by atoms with van der Waals surface area (Å²) < 4.78 is 2.18. The van der Waals surface area contributed by atoms with E-state index in [1.165, 1.54) is 5.56 Å². The van der Waals surface area contributed by atoms with E-state index in [-0.39, 0.29) is 0 Å². The number of imidazole rings is 1. The van der Waals surface area contributed by atoms with Crippen LogP contribution in [0.25, 0.3) is 0 Å². The molecule has 0 bridgehead atoms. The van der Waals surface area contributed by atoms with E-state index < -0.39 is 0 Å². The molecule has 3 heterocycles. The predicted octanol–water partition coefficient (Wildman–Crippen LogP) is 2.22. The number of hydrogen-bond acceptors (Lipinski definition) is 4. The molecular formula is C22H27N7. The van der Waals surface area contributed by atoms with Crippen LogP contribution in [0.1, 0.15) is 11.4 Å². The lowest BCUT2D eigenvalue weighted by Gasteiger charge is -2.37. The van der Waals surface area contributed by atoms with Crippen molar-refractivity contribution in [3.63, 3.8) is 0 Å². The van der Waals surface area contributed by atoms with Gasteiger partial charge in [0.1, 0.15) is 11.6 Å².